The minimum Gasteiger partial charge on any atom is -0.459 e. The number of rotatable bonds is 7. The van der Waals surface area contributed by atoms with E-state index in [0.717, 1.165) is 12.8 Å². The molecule has 2 N–H and O–H groups in total. The molecule has 0 fully saturated rings. The Hall–Kier alpha value is -2.08. The third-order valence-electron chi connectivity index (χ3n) is 3.06. The number of hydrogen-bond donors (Lipinski definition) is 2. The zero-order valence-corrected chi connectivity index (χ0v) is 13.5. The van der Waals surface area contributed by atoms with Gasteiger partial charge in [-0.2, -0.15) is 0 Å². The van der Waals surface area contributed by atoms with Crippen molar-refractivity contribution in [2.24, 2.45) is 5.92 Å². The zero-order valence-electron chi connectivity index (χ0n) is 12.7. The number of carbonyl (C=O) groups excluding carboxylic acids is 2. The van der Waals surface area contributed by atoms with Gasteiger partial charge in [0.1, 0.15) is 0 Å². The van der Waals surface area contributed by atoms with Crippen molar-refractivity contribution in [1.29, 1.82) is 0 Å². The van der Waals surface area contributed by atoms with Crippen LogP contribution in [0, 0.1) is 5.92 Å². The second-order valence-electron chi connectivity index (χ2n) is 5.39. The highest BCUT2D eigenvalue weighted by Gasteiger charge is 2.13. The van der Waals surface area contributed by atoms with E-state index in [-0.39, 0.29) is 17.6 Å². The van der Waals surface area contributed by atoms with Gasteiger partial charge in [-0.1, -0.05) is 13.8 Å². The third kappa shape index (κ3) is 4.73. The number of amides is 2. The van der Waals surface area contributed by atoms with Crippen LogP contribution in [0.2, 0.25) is 0 Å². The Morgan fingerprint density at radius 2 is 2.05 bits per heavy atom. The molecule has 0 atom stereocenters. The van der Waals surface area contributed by atoms with Crippen LogP contribution in [0.15, 0.2) is 34.9 Å². The average molecular weight is 320 g/mol. The molecule has 0 aliphatic heterocycles. The lowest BCUT2D eigenvalue weighted by molar-refractivity contribution is 0.0955. The predicted octanol–water partition coefficient (Wildman–Crippen LogP) is 3.76. The quantitative estimate of drug-likeness (QED) is 0.763. The molecular weight excluding hydrogens is 300 g/mol. The third-order valence-corrected chi connectivity index (χ3v) is 4.05. The Kier molecular flexibility index (Phi) is 5.77. The van der Waals surface area contributed by atoms with Crippen molar-refractivity contribution in [2.75, 3.05) is 11.9 Å². The van der Waals surface area contributed by atoms with Crippen LogP contribution in [-0.2, 0) is 0 Å². The molecule has 2 aromatic heterocycles. The lowest BCUT2D eigenvalue weighted by Crippen LogP contribution is -2.23. The summed E-state index contributed by atoms with van der Waals surface area (Å²) in [6.07, 6.45) is 3.51. The maximum absolute atomic E-state index is 12.0. The molecule has 2 rings (SSSR count). The fourth-order valence-electron chi connectivity index (χ4n) is 1.91. The summed E-state index contributed by atoms with van der Waals surface area (Å²) in [7, 11) is 0. The van der Waals surface area contributed by atoms with Crippen LogP contribution in [0.1, 0.15) is 46.9 Å². The minimum absolute atomic E-state index is 0.104. The van der Waals surface area contributed by atoms with Gasteiger partial charge < -0.3 is 15.1 Å². The van der Waals surface area contributed by atoms with Crippen molar-refractivity contribution >= 4 is 28.2 Å². The maximum atomic E-state index is 12.0. The topological polar surface area (TPSA) is 71.3 Å². The summed E-state index contributed by atoms with van der Waals surface area (Å²) in [5.74, 6) is 0.457. The molecule has 2 aromatic rings. The van der Waals surface area contributed by atoms with Crippen LogP contribution in [0.5, 0.6) is 0 Å². The van der Waals surface area contributed by atoms with E-state index in [0.29, 0.717) is 22.3 Å². The molecule has 0 saturated heterocycles. The number of carbonyl (C=O) groups is 2. The second-order valence-corrected chi connectivity index (χ2v) is 6.47. The second kappa shape index (κ2) is 7.79. The maximum Gasteiger partial charge on any atom is 0.291 e. The molecule has 22 heavy (non-hydrogen) atoms. The van der Waals surface area contributed by atoms with Gasteiger partial charge in [0.2, 0.25) is 0 Å². The summed E-state index contributed by atoms with van der Waals surface area (Å²) in [6, 6.07) is 6.67. The largest absolute Gasteiger partial charge is 0.459 e. The van der Waals surface area contributed by atoms with E-state index in [2.05, 4.69) is 24.5 Å². The molecule has 2 heterocycles. The van der Waals surface area contributed by atoms with Crippen LogP contribution >= 0.6 is 11.3 Å². The van der Waals surface area contributed by atoms with Gasteiger partial charge in [-0.3, -0.25) is 9.59 Å². The summed E-state index contributed by atoms with van der Waals surface area (Å²) in [6.45, 7) is 4.99. The summed E-state index contributed by atoms with van der Waals surface area (Å²) < 4.78 is 5.02. The van der Waals surface area contributed by atoms with E-state index >= 15 is 0 Å². The Morgan fingerprint density at radius 3 is 2.73 bits per heavy atom. The summed E-state index contributed by atoms with van der Waals surface area (Å²) in [5, 5.41) is 6.22. The molecule has 0 aliphatic rings. The molecule has 6 heteroatoms. The van der Waals surface area contributed by atoms with Gasteiger partial charge in [-0.15, -0.1) is 11.3 Å². The molecule has 0 unspecified atom stereocenters. The molecule has 5 nitrogen and oxygen atoms in total. The molecule has 2 amide bonds. The molecule has 0 aliphatic carbocycles. The SMILES string of the molecule is CC(C)CCCNC(=O)c1ccc(NC(=O)c2ccco2)s1. The normalized spacial score (nSPS) is 10.7. The van der Waals surface area contributed by atoms with Crippen LogP contribution in [0.25, 0.3) is 0 Å². The van der Waals surface area contributed by atoms with Crippen molar-refractivity contribution < 1.29 is 14.0 Å². The van der Waals surface area contributed by atoms with Gasteiger partial charge in [0, 0.05) is 6.54 Å². The highest BCUT2D eigenvalue weighted by Crippen LogP contribution is 2.22. The van der Waals surface area contributed by atoms with Gasteiger partial charge in [-0.05, 0) is 43.0 Å². The Bertz CT molecular complexity index is 617. The van der Waals surface area contributed by atoms with E-state index in [1.807, 2.05) is 0 Å². The molecular formula is C16H20N2O3S. The minimum atomic E-state index is -0.323. The van der Waals surface area contributed by atoms with E-state index < -0.39 is 0 Å². The molecule has 0 spiro atoms. The van der Waals surface area contributed by atoms with Crippen LogP contribution in [0.4, 0.5) is 5.00 Å². The Labute approximate surface area is 133 Å². The molecule has 0 saturated carbocycles. The van der Waals surface area contributed by atoms with E-state index in [9.17, 15) is 9.59 Å². The number of hydrogen-bond acceptors (Lipinski definition) is 4. The van der Waals surface area contributed by atoms with Gasteiger partial charge >= 0.3 is 0 Å². The number of anilines is 1. The number of furan rings is 1. The Balaban J connectivity index is 1.83. The van der Waals surface area contributed by atoms with Gasteiger partial charge in [0.05, 0.1) is 16.1 Å². The van der Waals surface area contributed by atoms with E-state index in [1.54, 1.807) is 24.3 Å². The fraction of sp³-hybridized carbons (Fsp3) is 0.375. The number of thiophene rings is 1. The zero-order chi connectivity index (χ0) is 15.9. The summed E-state index contributed by atoms with van der Waals surface area (Å²) >= 11 is 1.25. The van der Waals surface area contributed by atoms with Crippen molar-refractivity contribution in [3.63, 3.8) is 0 Å². The van der Waals surface area contributed by atoms with Gasteiger partial charge in [0.25, 0.3) is 11.8 Å². The lowest BCUT2D eigenvalue weighted by atomic mass is 10.1. The number of nitrogens with one attached hydrogen (secondary N) is 2. The van der Waals surface area contributed by atoms with E-state index in [4.69, 9.17) is 4.42 Å². The highest BCUT2D eigenvalue weighted by atomic mass is 32.1. The fourth-order valence-corrected chi connectivity index (χ4v) is 2.73. The lowest BCUT2D eigenvalue weighted by Gasteiger charge is -2.05. The van der Waals surface area contributed by atoms with Gasteiger partial charge in [-0.25, -0.2) is 0 Å². The molecule has 0 bridgehead atoms. The first kappa shape index (κ1) is 16.3. The smallest absolute Gasteiger partial charge is 0.291 e. The monoisotopic (exact) mass is 320 g/mol. The molecule has 0 radical (unpaired) electrons. The first-order valence-electron chi connectivity index (χ1n) is 7.29. The van der Waals surface area contributed by atoms with Crippen molar-refractivity contribution in [2.45, 2.75) is 26.7 Å². The summed E-state index contributed by atoms with van der Waals surface area (Å²) in [4.78, 5) is 24.4. The van der Waals surface area contributed by atoms with Crippen molar-refractivity contribution in [3.8, 4) is 0 Å². The van der Waals surface area contributed by atoms with Crippen LogP contribution in [-0.4, -0.2) is 18.4 Å². The first-order chi connectivity index (χ1) is 10.6. The average Bonchev–Trinajstić information content (AvgIpc) is 3.14. The molecule has 118 valence electrons. The molecule has 0 aromatic carbocycles. The first-order valence-corrected chi connectivity index (χ1v) is 8.11. The summed E-state index contributed by atoms with van der Waals surface area (Å²) in [5.41, 5.74) is 0. The van der Waals surface area contributed by atoms with Crippen molar-refractivity contribution in [3.05, 3.63) is 41.2 Å². The van der Waals surface area contributed by atoms with E-state index in [1.165, 1.54) is 17.6 Å². The van der Waals surface area contributed by atoms with Crippen molar-refractivity contribution in [1.82, 2.24) is 5.32 Å². The van der Waals surface area contributed by atoms with Gasteiger partial charge in [0.15, 0.2) is 5.76 Å². The van der Waals surface area contributed by atoms with Crippen LogP contribution < -0.4 is 10.6 Å². The van der Waals surface area contributed by atoms with Crippen LogP contribution in [0.3, 0.4) is 0 Å². The standard InChI is InChI=1S/C16H20N2O3S/c1-11(2)5-3-9-17-16(20)13-7-8-14(22-13)18-15(19)12-6-4-10-21-12/h4,6-8,10-11H,3,5,9H2,1-2H3,(H,17,20)(H,18,19). The predicted molar refractivity (Wildman–Crippen MR) is 87.4 cm³/mol. The highest BCUT2D eigenvalue weighted by molar-refractivity contribution is 7.18. The Morgan fingerprint density at radius 1 is 1.23 bits per heavy atom.